The summed E-state index contributed by atoms with van der Waals surface area (Å²) in [6, 6.07) is 7.03. The quantitative estimate of drug-likeness (QED) is 0.605. The summed E-state index contributed by atoms with van der Waals surface area (Å²) in [4.78, 5) is 13.3. The molecule has 0 saturated heterocycles. The minimum atomic E-state index is -0.153. The third-order valence-electron chi connectivity index (χ3n) is 3.36. The second kappa shape index (κ2) is 7.78. The van der Waals surface area contributed by atoms with E-state index >= 15 is 0 Å². The van der Waals surface area contributed by atoms with Crippen molar-refractivity contribution in [3.05, 3.63) is 44.6 Å². The van der Waals surface area contributed by atoms with E-state index in [1.807, 2.05) is 23.9 Å². The van der Waals surface area contributed by atoms with Crippen LogP contribution in [-0.4, -0.2) is 26.4 Å². The van der Waals surface area contributed by atoms with Gasteiger partial charge in [0.15, 0.2) is 11.0 Å². The van der Waals surface area contributed by atoms with E-state index in [0.29, 0.717) is 20.9 Å². The van der Waals surface area contributed by atoms with Crippen LogP contribution in [0, 0.1) is 6.92 Å². The number of rotatable bonds is 5. The number of amides is 1. The van der Waals surface area contributed by atoms with Crippen LogP contribution in [0.2, 0.25) is 10.0 Å². The maximum absolute atomic E-state index is 12.1. The summed E-state index contributed by atoms with van der Waals surface area (Å²) < 4.78 is 1.89. The van der Waals surface area contributed by atoms with Crippen molar-refractivity contribution in [1.82, 2.24) is 14.8 Å². The van der Waals surface area contributed by atoms with Gasteiger partial charge in [-0.15, -0.1) is 21.5 Å². The van der Waals surface area contributed by atoms with Crippen LogP contribution in [0.4, 0.5) is 5.69 Å². The molecule has 0 aliphatic carbocycles. The number of thiophene rings is 1. The van der Waals surface area contributed by atoms with Crippen molar-refractivity contribution in [2.24, 2.45) is 7.05 Å². The number of carbonyl (C=O) groups excluding carboxylic acids is 1. The lowest BCUT2D eigenvalue weighted by Crippen LogP contribution is -2.14. The van der Waals surface area contributed by atoms with Crippen LogP contribution in [0.25, 0.3) is 11.4 Å². The first kappa shape index (κ1) is 18.3. The SMILES string of the molecule is Cc1cc(-c2nnc(SCC(=O)Nc3ccc(Cl)c(Cl)c3)n2C)cs1. The largest absolute Gasteiger partial charge is 0.325 e. The van der Waals surface area contributed by atoms with E-state index in [-0.39, 0.29) is 11.7 Å². The molecule has 0 bridgehead atoms. The Morgan fingerprint density at radius 3 is 2.76 bits per heavy atom. The molecule has 3 aromatic rings. The van der Waals surface area contributed by atoms with Crippen LogP contribution in [0.1, 0.15) is 4.88 Å². The van der Waals surface area contributed by atoms with Crippen molar-refractivity contribution < 1.29 is 4.79 Å². The Balaban J connectivity index is 1.62. The maximum atomic E-state index is 12.1. The van der Waals surface area contributed by atoms with E-state index < -0.39 is 0 Å². The molecule has 130 valence electrons. The molecule has 0 aliphatic heterocycles. The van der Waals surface area contributed by atoms with Crippen molar-refractivity contribution in [1.29, 1.82) is 0 Å². The molecule has 0 unspecified atom stereocenters. The predicted molar refractivity (Wildman–Crippen MR) is 105 cm³/mol. The van der Waals surface area contributed by atoms with E-state index in [9.17, 15) is 4.79 Å². The number of halogens is 2. The van der Waals surface area contributed by atoms with Gasteiger partial charge in [-0.05, 0) is 31.2 Å². The molecule has 0 aliphatic rings. The molecular formula is C16H14Cl2N4OS2. The Bertz CT molecular complexity index is 923. The lowest BCUT2D eigenvalue weighted by Gasteiger charge is -2.06. The first-order valence-electron chi connectivity index (χ1n) is 7.26. The summed E-state index contributed by atoms with van der Waals surface area (Å²) in [7, 11) is 1.89. The number of nitrogens with one attached hydrogen (secondary N) is 1. The highest BCUT2D eigenvalue weighted by molar-refractivity contribution is 7.99. The summed E-state index contributed by atoms with van der Waals surface area (Å²) in [6.07, 6.45) is 0. The number of nitrogens with zero attached hydrogens (tertiary/aromatic N) is 3. The number of hydrogen-bond donors (Lipinski definition) is 1. The van der Waals surface area contributed by atoms with Gasteiger partial charge in [0.25, 0.3) is 0 Å². The Kier molecular flexibility index (Phi) is 5.68. The molecule has 1 aromatic carbocycles. The van der Waals surface area contributed by atoms with Crippen LogP contribution in [0.5, 0.6) is 0 Å². The van der Waals surface area contributed by atoms with Crippen molar-refractivity contribution >= 4 is 57.9 Å². The second-order valence-electron chi connectivity index (χ2n) is 5.28. The van der Waals surface area contributed by atoms with E-state index in [1.165, 1.54) is 16.6 Å². The van der Waals surface area contributed by atoms with Gasteiger partial charge in [0, 0.05) is 28.6 Å². The van der Waals surface area contributed by atoms with Gasteiger partial charge < -0.3 is 9.88 Å². The number of thioether (sulfide) groups is 1. The summed E-state index contributed by atoms with van der Waals surface area (Å²) in [5, 5.41) is 14.7. The molecule has 0 atom stereocenters. The molecule has 1 N–H and O–H groups in total. The lowest BCUT2D eigenvalue weighted by atomic mass is 10.3. The van der Waals surface area contributed by atoms with Gasteiger partial charge in [-0.2, -0.15) is 0 Å². The monoisotopic (exact) mass is 412 g/mol. The lowest BCUT2D eigenvalue weighted by molar-refractivity contribution is -0.113. The molecule has 0 fully saturated rings. The number of benzene rings is 1. The fourth-order valence-electron chi connectivity index (χ4n) is 2.15. The molecule has 2 aromatic heterocycles. The van der Waals surface area contributed by atoms with Crippen LogP contribution in [0.3, 0.4) is 0 Å². The highest BCUT2D eigenvalue weighted by Gasteiger charge is 2.14. The maximum Gasteiger partial charge on any atom is 0.234 e. The van der Waals surface area contributed by atoms with Gasteiger partial charge in [-0.3, -0.25) is 4.79 Å². The minimum absolute atomic E-state index is 0.153. The summed E-state index contributed by atoms with van der Waals surface area (Å²) in [5.41, 5.74) is 1.64. The molecule has 3 rings (SSSR count). The average molecular weight is 413 g/mol. The molecule has 25 heavy (non-hydrogen) atoms. The van der Waals surface area contributed by atoms with E-state index in [1.54, 1.807) is 29.5 Å². The van der Waals surface area contributed by atoms with Crippen molar-refractivity contribution in [3.63, 3.8) is 0 Å². The molecule has 2 heterocycles. The van der Waals surface area contributed by atoms with E-state index in [4.69, 9.17) is 23.2 Å². The minimum Gasteiger partial charge on any atom is -0.325 e. The summed E-state index contributed by atoms with van der Waals surface area (Å²) in [6.45, 7) is 2.05. The molecule has 9 heteroatoms. The zero-order valence-electron chi connectivity index (χ0n) is 13.4. The van der Waals surface area contributed by atoms with Gasteiger partial charge >= 0.3 is 0 Å². The summed E-state index contributed by atoms with van der Waals surface area (Å²) >= 11 is 14.8. The molecule has 1 amide bonds. The number of aryl methyl sites for hydroxylation is 1. The highest BCUT2D eigenvalue weighted by atomic mass is 35.5. The van der Waals surface area contributed by atoms with Crippen LogP contribution in [-0.2, 0) is 11.8 Å². The Labute approximate surface area is 163 Å². The van der Waals surface area contributed by atoms with E-state index in [0.717, 1.165) is 11.4 Å². The van der Waals surface area contributed by atoms with Gasteiger partial charge in [-0.1, -0.05) is 35.0 Å². The Hall–Kier alpha value is -1.54. The van der Waals surface area contributed by atoms with Gasteiger partial charge in [0.1, 0.15) is 0 Å². The molecular weight excluding hydrogens is 399 g/mol. The summed E-state index contributed by atoms with van der Waals surface area (Å²) in [5.74, 6) is 0.852. The fourth-order valence-corrected chi connectivity index (χ4v) is 3.84. The molecule has 0 spiro atoms. The van der Waals surface area contributed by atoms with Gasteiger partial charge in [0.05, 0.1) is 15.8 Å². The molecule has 0 saturated carbocycles. The molecule has 5 nitrogen and oxygen atoms in total. The average Bonchev–Trinajstić information content (AvgIpc) is 3.15. The van der Waals surface area contributed by atoms with Crippen LogP contribution >= 0.6 is 46.3 Å². The smallest absolute Gasteiger partial charge is 0.234 e. The van der Waals surface area contributed by atoms with Crippen LogP contribution in [0.15, 0.2) is 34.8 Å². The predicted octanol–water partition coefficient (Wildman–Crippen LogP) is 4.89. The number of anilines is 1. The van der Waals surface area contributed by atoms with Gasteiger partial charge in [-0.25, -0.2) is 0 Å². The first-order valence-corrected chi connectivity index (χ1v) is 9.89. The zero-order valence-corrected chi connectivity index (χ0v) is 16.6. The Morgan fingerprint density at radius 1 is 1.28 bits per heavy atom. The van der Waals surface area contributed by atoms with Crippen molar-refractivity contribution in [3.8, 4) is 11.4 Å². The number of aromatic nitrogens is 3. The third-order valence-corrected chi connectivity index (χ3v) is 5.98. The van der Waals surface area contributed by atoms with Crippen molar-refractivity contribution in [2.45, 2.75) is 12.1 Å². The van der Waals surface area contributed by atoms with Crippen molar-refractivity contribution in [2.75, 3.05) is 11.1 Å². The number of hydrogen-bond acceptors (Lipinski definition) is 5. The van der Waals surface area contributed by atoms with Gasteiger partial charge in [0.2, 0.25) is 5.91 Å². The second-order valence-corrected chi connectivity index (χ2v) is 8.15. The van der Waals surface area contributed by atoms with Crippen LogP contribution < -0.4 is 5.32 Å². The Morgan fingerprint density at radius 2 is 2.08 bits per heavy atom. The van der Waals surface area contributed by atoms with E-state index in [2.05, 4.69) is 21.6 Å². The standard InChI is InChI=1S/C16H14Cl2N4OS2/c1-9-5-10(7-24-9)15-20-21-16(22(15)2)25-8-14(23)19-11-3-4-12(17)13(18)6-11/h3-7H,8H2,1-2H3,(H,19,23). The zero-order chi connectivity index (χ0) is 18.0. The number of carbonyl (C=O) groups is 1. The first-order chi connectivity index (χ1) is 11.9. The normalized spacial score (nSPS) is 10.9. The topological polar surface area (TPSA) is 59.8 Å². The highest BCUT2D eigenvalue weighted by Crippen LogP contribution is 2.27. The third kappa shape index (κ3) is 4.36. The molecule has 0 radical (unpaired) electrons. The fraction of sp³-hybridized carbons (Fsp3) is 0.188.